The maximum absolute atomic E-state index is 15.3. The Morgan fingerprint density at radius 2 is 1.14 bits per heavy atom. The number of nitrogens with zero attached hydrogens (tertiary/aromatic N) is 9. The first kappa shape index (κ1) is 55.0. The van der Waals surface area contributed by atoms with E-state index in [1.165, 1.54) is 57.9 Å². The van der Waals surface area contributed by atoms with E-state index in [9.17, 15) is 18.4 Å². The standard InChI is InChI=1S/C23H21ClF2N6O2S.C22H18ClF2N5OS.CH3.BrH.Mg/c1-22(17-8-23(17,35-21(27)31-22)20(33)32(2)34-3)13-4-11(5-14(25)18(13)26)6-15-19-16(30-10-29-15)7-12(24)9-28-19;1-10(31)22-7-17(22)21(2,30-20(26)32-22)13-3-11(4-14(24)18(13)25)5-15-19-16(29-9-28-15)6-12(23)8-27-19;;;/h4-5,7,9-10,17H,6,8H2,1-3H3,(H2,27,31);3-4,6,8-9,17H,5,7H2,1-2H3,(H2,26,30);1H3;1H;/q;;-1;;+2/p-1/t17-,22+,23-;17-,21+,22+;;;/m00.../s1. The van der Waals surface area contributed by atoms with E-state index < -0.39 is 49.8 Å². The Morgan fingerprint density at radius 3 is 1.57 bits per heavy atom. The molecule has 0 radical (unpaired) electrons. The van der Waals surface area contributed by atoms with Crippen LogP contribution in [0.15, 0.2) is 71.4 Å². The van der Waals surface area contributed by atoms with Crippen molar-refractivity contribution in [2.24, 2.45) is 33.3 Å². The van der Waals surface area contributed by atoms with Gasteiger partial charge in [-0.15, -0.1) is 0 Å². The maximum atomic E-state index is 15.3. The van der Waals surface area contributed by atoms with Crippen molar-refractivity contribution < 1.29 is 49.0 Å². The van der Waals surface area contributed by atoms with Crippen molar-refractivity contribution in [1.82, 2.24) is 35.0 Å². The second-order valence-corrected chi connectivity index (χ2v) is 20.7. The number of nitrogens with two attached hydrogens (primary N) is 2. The number of carbonyl (C=O) groups is 2. The summed E-state index contributed by atoms with van der Waals surface area (Å²) in [6, 6.07) is 8.73. The van der Waals surface area contributed by atoms with Crippen molar-refractivity contribution in [2.45, 2.75) is 67.0 Å². The molecule has 70 heavy (non-hydrogen) atoms. The van der Waals surface area contributed by atoms with Crippen LogP contribution in [0.4, 0.5) is 17.6 Å². The maximum Gasteiger partial charge on any atom is 2.00 e. The average molecular weight is 1110 g/mol. The van der Waals surface area contributed by atoms with Crippen LogP contribution in [0.3, 0.4) is 0 Å². The van der Waals surface area contributed by atoms with Gasteiger partial charge < -0.3 is 35.9 Å². The number of amides is 1. The summed E-state index contributed by atoms with van der Waals surface area (Å²) in [7, 11) is 2.88. The number of rotatable bonds is 9. The Morgan fingerprint density at radius 1 is 0.729 bits per heavy atom. The van der Waals surface area contributed by atoms with E-state index in [0.29, 0.717) is 67.5 Å². The number of halogens is 7. The number of hydrogen-bond acceptors (Lipinski definition) is 15. The number of pyridine rings is 2. The first-order chi connectivity index (χ1) is 31.7. The molecule has 0 spiro atoms. The fraction of sp³-hybridized carbons (Fsp3) is 0.326. The summed E-state index contributed by atoms with van der Waals surface area (Å²) in [5.41, 5.74) is 14.0. The van der Waals surface area contributed by atoms with E-state index in [1.54, 1.807) is 38.1 Å². The average Bonchev–Trinajstić information content (AvgIpc) is 4.21. The molecule has 1 amide bonds. The SMILES string of the molecule is CC(=O)[C@]12C[C@H]1[C@@](C)(c1cc(Cc3ncnc4cc(Cl)cnc34)cc(F)c1F)N=C(N)S2.CON(C)C(=O)[C@]12C[C@H]1[C@@](C)(c1cc(Cc3ncnc4cc(Cl)cnc34)cc(F)c1F)N=C(N)S2.[Br-].[CH3-].[Mg+2]. The van der Waals surface area contributed by atoms with Crippen molar-refractivity contribution in [3.63, 3.8) is 0 Å². The van der Waals surface area contributed by atoms with Gasteiger partial charge in [0.15, 0.2) is 33.6 Å². The third-order valence-corrected chi connectivity index (χ3v) is 16.1. The van der Waals surface area contributed by atoms with Crippen molar-refractivity contribution >= 4 is 114 Å². The third kappa shape index (κ3) is 9.58. The van der Waals surface area contributed by atoms with E-state index in [-0.39, 0.29) is 99.4 Å². The number of ketones is 1. The minimum atomic E-state index is -1.25. The van der Waals surface area contributed by atoms with Crippen LogP contribution >= 0.6 is 46.7 Å². The second-order valence-electron chi connectivity index (χ2n) is 17.1. The summed E-state index contributed by atoms with van der Waals surface area (Å²) in [5.74, 6) is -5.02. The normalized spacial score (nSPS) is 24.7. The molecule has 2 aromatic carbocycles. The van der Waals surface area contributed by atoms with E-state index >= 15 is 8.78 Å². The molecule has 2 aliphatic carbocycles. The molecular formula is C46H42BrCl2F4MgN11O3S2. The first-order valence-electron chi connectivity index (χ1n) is 20.6. The molecule has 10 rings (SSSR count). The van der Waals surface area contributed by atoms with Gasteiger partial charge in [-0.25, -0.2) is 42.6 Å². The van der Waals surface area contributed by atoms with Gasteiger partial charge in [0.25, 0.3) is 5.91 Å². The largest absolute Gasteiger partial charge is 2.00 e. The Kier molecular flexibility index (Phi) is 16.0. The Balaban J connectivity index is 0.000000221. The summed E-state index contributed by atoms with van der Waals surface area (Å²) in [6.45, 7) is 4.89. The van der Waals surface area contributed by atoms with Gasteiger partial charge in [0.1, 0.15) is 34.2 Å². The molecule has 2 aliphatic heterocycles. The molecule has 0 bridgehead atoms. The minimum absolute atomic E-state index is 0. The molecule has 4 aliphatic rings. The number of hydroxylamine groups is 2. The monoisotopic (exact) mass is 1110 g/mol. The van der Waals surface area contributed by atoms with Crippen molar-refractivity contribution in [1.29, 1.82) is 0 Å². The molecule has 0 saturated heterocycles. The van der Waals surface area contributed by atoms with Crippen molar-refractivity contribution in [3.8, 4) is 0 Å². The smallest absolute Gasteiger partial charge is 1.00 e. The number of aliphatic imine (C=N–C) groups is 2. The van der Waals surface area contributed by atoms with E-state index in [0.717, 1.165) is 29.0 Å². The van der Waals surface area contributed by atoms with Gasteiger partial charge in [-0.05, 0) is 81.1 Å². The van der Waals surface area contributed by atoms with Crippen molar-refractivity contribution in [2.75, 3.05) is 14.2 Å². The van der Waals surface area contributed by atoms with Crippen molar-refractivity contribution in [3.05, 3.63) is 136 Å². The summed E-state index contributed by atoms with van der Waals surface area (Å²) in [4.78, 5) is 64.9. The molecule has 14 nitrogen and oxygen atoms in total. The van der Waals surface area contributed by atoms with Gasteiger partial charge in [-0.2, -0.15) is 0 Å². The number of hydrogen-bond donors (Lipinski definition) is 2. The van der Waals surface area contributed by atoms with Gasteiger partial charge in [-0.1, -0.05) is 46.7 Å². The molecule has 6 heterocycles. The van der Waals surface area contributed by atoms with E-state index in [4.69, 9.17) is 39.5 Å². The third-order valence-electron chi connectivity index (χ3n) is 13.0. The van der Waals surface area contributed by atoms with Crippen LogP contribution in [0.2, 0.25) is 10.0 Å². The molecule has 6 aromatic rings. The van der Waals surface area contributed by atoms with Crippen LogP contribution in [0.5, 0.6) is 0 Å². The van der Waals surface area contributed by atoms with Crippen LogP contribution < -0.4 is 28.4 Å². The zero-order valence-electron chi connectivity index (χ0n) is 38.3. The number of amidine groups is 2. The van der Waals surface area contributed by atoms with Gasteiger partial charge in [0, 0.05) is 55.2 Å². The summed E-state index contributed by atoms with van der Waals surface area (Å²) < 4.78 is 58.3. The molecule has 6 atom stereocenters. The Bertz CT molecular complexity index is 3170. The Labute approximate surface area is 444 Å². The van der Waals surface area contributed by atoms with Crippen LogP contribution in [0.1, 0.15) is 67.3 Å². The first-order valence-corrected chi connectivity index (χ1v) is 23.0. The number of benzene rings is 2. The molecule has 4 aromatic heterocycles. The van der Waals surface area contributed by atoms with Crippen LogP contribution in [-0.4, -0.2) is 104 Å². The van der Waals surface area contributed by atoms with E-state index in [1.807, 2.05) is 0 Å². The predicted molar refractivity (Wildman–Crippen MR) is 260 cm³/mol. The quantitative estimate of drug-likeness (QED) is 0.0863. The summed E-state index contributed by atoms with van der Waals surface area (Å²) in [5, 5.41) is 2.32. The Hall–Kier alpha value is -4.29. The van der Waals surface area contributed by atoms with Gasteiger partial charge in [0.05, 0.1) is 55.4 Å². The second kappa shape index (κ2) is 20.3. The zero-order valence-corrected chi connectivity index (χ0v) is 44.5. The zero-order chi connectivity index (χ0) is 48.0. The number of thioether (sulfide) groups is 2. The predicted octanol–water partition coefficient (Wildman–Crippen LogP) is 4.85. The molecular weight excluding hydrogens is 1070 g/mol. The number of carbonyl (C=O) groups excluding carboxylic acids is 2. The van der Waals surface area contributed by atoms with Gasteiger partial charge in [-0.3, -0.25) is 34.4 Å². The number of aromatic nitrogens is 6. The van der Waals surface area contributed by atoms with Gasteiger partial charge in [0.2, 0.25) is 0 Å². The molecule has 362 valence electrons. The van der Waals surface area contributed by atoms with Gasteiger partial charge >= 0.3 is 23.1 Å². The van der Waals surface area contributed by atoms with E-state index in [2.05, 4.69) is 39.9 Å². The number of Topliss-reactive ketones (excluding diaryl/α,β-unsaturated/α-hetero) is 1. The van der Waals surface area contributed by atoms with Crippen LogP contribution in [0, 0.1) is 42.5 Å². The molecule has 2 saturated carbocycles. The summed E-state index contributed by atoms with van der Waals surface area (Å²) >= 11 is 14.4. The molecule has 4 N–H and O–H groups in total. The fourth-order valence-corrected chi connectivity index (χ4v) is 12.6. The summed E-state index contributed by atoms with van der Waals surface area (Å²) in [6.07, 6.45) is 7.00. The molecule has 2 fully saturated rings. The topological polar surface area (TPSA) is 201 Å². The molecule has 0 unspecified atom stereocenters. The fourth-order valence-electron chi connectivity index (χ4n) is 9.46. The minimum Gasteiger partial charge on any atom is -1.00 e. The van der Waals surface area contributed by atoms with Crippen LogP contribution in [0.25, 0.3) is 22.1 Å². The molecule has 24 heteroatoms. The number of fused-ring (bicyclic) bond motifs is 4. The van der Waals surface area contributed by atoms with Crippen LogP contribution in [-0.2, 0) is 38.3 Å².